The number of hydrogen-bond donors (Lipinski definition) is 2. The van der Waals surface area contributed by atoms with Crippen LogP contribution in [0.4, 0.5) is 13.2 Å². The lowest BCUT2D eigenvalue weighted by atomic mass is 9.39. The first-order valence-corrected chi connectivity index (χ1v) is 12.1. The number of aromatic nitrogens is 2. The predicted octanol–water partition coefficient (Wildman–Crippen LogP) is 6.32. The Morgan fingerprint density at radius 3 is 2.41 bits per heavy atom. The maximum atomic E-state index is 13.3. The van der Waals surface area contributed by atoms with E-state index in [2.05, 4.69) is 29.1 Å². The van der Waals surface area contributed by atoms with Crippen molar-refractivity contribution in [2.45, 2.75) is 83.5 Å². The van der Waals surface area contributed by atoms with E-state index in [1.807, 2.05) is 0 Å². The minimum absolute atomic E-state index is 0.0667. The van der Waals surface area contributed by atoms with Crippen LogP contribution in [0.15, 0.2) is 18.5 Å². The molecule has 1 saturated heterocycles. The first-order chi connectivity index (χ1) is 15.2. The van der Waals surface area contributed by atoms with Gasteiger partial charge in [0.15, 0.2) is 0 Å². The number of piperidine rings is 1. The zero-order valence-corrected chi connectivity index (χ0v) is 19.0. The zero-order chi connectivity index (χ0) is 22.5. The molecule has 0 radical (unpaired) electrons. The van der Waals surface area contributed by atoms with Gasteiger partial charge in [-0.05, 0) is 68.3 Å². The quantitative estimate of drug-likeness (QED) is 0.574. The van der Waals surface area contributed by atoms with Crippen molar-refractivity contribution in [3.05, 3.63) is 24.0 Å². The molecule has 3 atom stereocenters. The molecule has 4 nitrogen and oxygen atoms in total. The molecule has 176 valence electrons. The van der Waals surface area contributed by atoms with Gasteiger partial charge in [-0.2, -0.15) is 13.2 Å². The van der Waals surface area contributed by atoms with Gasteiger partial charge in [0.1, 0.15) is 17.9 Å². The Bertz CT molecular complexity index is 935. The molecule has 7 heteroatoms. The van der Waals surface area contributed by atoms with Crippen LogP contribution in [-0.4, -0.2) is 28.7 Å². The smallest absolute Gasteiger partial charge is 0.418 e. The molecule has 2 aromatic rings. The van der Waals surface area contributed by atoms with E-state index in [1.165, 1.54) is 51.3 Å². The topological polar surface area (TPSA) is 49.9 Å². The second kappa shape index (κ2) is 8.23. The van der Waals surface area contributed by atoms with E-state index in [1.54, 1.807) is 6.07 Å². The third-order valence-electron chi connectivity index (χ3n) is 8.33. The molecule has 2 N–H and O–H groups in total. The number of hydrogen-bond acceptors (Lipinski definition) is 3. The van der Waals surface area contributed by atoms with Crippen molar-refractivity contribution in [3.8, 4) is 5.75 Å². The minimum Gasteiger partial charge on any atom is -0.492 e. The van der Waals surface area contributed by atoms with Crippen molar-refractivity contribution in [1.82, 2.24) is 15.3 Å². The van der Waals surface area contributed by atoms with Gasteiger partial charge in [0.25, 0.3) is 0 Å². The van der Waals surface area contributed by atoms with Crippen molar-refractivity contribution in [2.24, 2.45) is 23.2 Å². The van der Waals surface area contributed by atoms with Gasteiger partial charge < -0.3 is 15.0 Å². The van der Waals surface area contributed by atoms with Gasteiger partial charge in [-0.3, -0.25) is 0 Å². The van der Waals surface area contributed by atoms with Crippen LogP contribution in [0.1, 0.15) is 70.8 Å². The van der Waals surface area contributed by atoms with Gasteiger partial charge in [0, 0.05) is 18.2 Å². The first-order valence-electron chi connectivity index (χ1n) is 12.1. The Balaban J connectivity index is 0.000000383. The highest BCUT2D eigenvalue weighted by Crippen LogP contribution is 2.69. The molecule has 5 aliphatic rings. The van der Waals surface area contributed by atoms with Crippen LogP contribution in [0.25, 0.3) is 11.0 Å². The molecule has 4 saturated carbocycles. The third-order valence-corrected chi connectivity index (χ3v) is 8.33. The fourth-order valence-corrected chi connectivity index (χ4v) is 6.20. The van der Waals surface area contributed by atoms with Crippen LogP contribution in [-0.2, 0) is 6.18 Å². The highest BCUT2D eigenvalue weighted by Gasteiger charge is 2.60. The fraction of sp³-hybridized carbons (Fsp3) is 0.720. The molecular weight excluding hydrogens is 415 g/mol. The normalized spacial score (nSPS) is 34.0. The molecule has 0 spiro atoms. The van der Waals surface area contributed by atoms with Gasteiger partial charge in [-0.15, -0.1) is 0 Å². The number of nitrogens with one attached hydrogen (secondary N) is 2. The summed E-state index contributed by atoms with van der Waals surface area (Å²) in [5, 5.41) is 3.56. The Kier molecular flexibility index (Phi) is 5.67. The number of fused-ring (bicyclic) bond motifs is 1. The molecule has 2 heterocycles. The van der Waals surface area contributed by atoms with E-state index in [-0.39, 0.29) is 17.3 Å². The first kappa shape index (κ1) is 22.1. The highest BCUT2D eigenvalue weighted by atomic mass is 19.4. The maximum Gasteiger partial charge on any atom is 0.418 e. The van der Waals surface area contributed by atoms with Crippen LogP contribution in [0, 0.1) is 23.2 Å². The Labute approximate surface area is 187 Å². The van der Waals surface area contributed by atoms with Gasteiger partial charge >= 0.3 is 6.18 Å². The number of H-pyrrole nitrogens is 1. The van der Waals surface area contributed by atoms with Crippen molar-refractivity contribution < 1.29 is 17.9 Å². The monoisotopic (exact) mass is 449 g/mol. The molecule has 2 bridgehead atoms. The second-order valence-corrected chi connectivity index (χ2v) is 10.9. The summed E-state index contributed by atoms with van der Waals surface area (Å²) in [4.78, 5) is 6.56. The average Bonchev–Trinajstić information content (AvgIpc) is 3.09. The lowest BCUT2D eigenvalue weighted by molar-refractivity contribution is -0.164. The largest absolute Gasteiger partial charge is 0.492 e. The number of ether oxygens (including phenoxy) is 1. The number of nitrogens with zero attached hydrogens (tertiary/aromatic N) is 1. The molecule has 7 rings (SSSR count). The van der Waals surface area contributed by atoms with Crippen molar-refractivity contribution >= 4 is 11.0 Å². The number of alkyl halides is 3. The Morgan fingerprint density at radius 1 is 1.12 bits per heavy atom. The Morgan fingerprint density at radius 2 is 1.84 bits per heavy atom. The summed E-state index contributed by atoms with van der Waals surface area (Å²) in [6.07, 6.45) is 7.66. The van der Waals surface area contributed by atoms with Gasteiger partial charge in [0.05, 0.1) is 17.4 Å². The van der Waals surface area contributed by atoms with Crippen LogP contribution in [0.3, 0.4) is 0 Å². The lowest BCUT2D eigenvalue weighted by Gasteiger charge is -2.67. The Hall–Kier alpha value is -1.76. The number of aromatic amines is 1. The SMILES string of the molecule is CC1CC(C23CC(C2)C3)CC(COc2cc(C(F)(F)F)c3nc[nH]c3c2)N1.CC1CCC1. The van der Waals surface area contributed by atoms with E-state index in [9.17, 15) is 13.2 Å². The molecule has 5 fully saturated rings. The van der Waals surface area contributed by atoms with E-state index in [0.29, 0.717) is 29.5 Å². The standard InChI is InChI=1S/C20H24F3N3O.C5H10/c1-11-2-13(19-6-12(7-19)8-19)3-14(26-11)9-27-15-4-16(20(21,22)23)18-17(5-15)24-10-25-18;1-5-3-2-4-5/h4-5,10-14,26H,2-3,6-9H2,1H3,(H,24,25);5H,2-4H2,1H3. The number of halogens is 3. The van der Waals surface area contributed by atoms with Gasteiger partial charge in [-0.1, -0.05) is 26.2 Å². The highest BCUT2D eigenvalue weighted by molar-refractivity contribution is 5.80. The van der Waals surface area contributed by atoms with Crippen molar-refractivity contribution in [2.75, 3.05) is 6.61 Å². The molecule has 3 unspecified atom stereocenters. The van der Waals surface area contributed by atoms with E-state index in [0.717, 1.165) is 24.3 Å². The molecule has 4 aliphatic carbocycles. The van der Waals surface area contributed by atoms with Crippen molar-refractivity contribution in [1.29, 1.82) is 0 Å². The second-order valence-electron chi connectivity index (χ2n) is 10.9. The van der Waals surface area contributed by atoms with Crippen LogP contribution in [0.5, 0.6) is 5.75 Å². The summed E-state index contributed by atoms with van der Waals surface area (Å²) in [6.45, 7) is 4.89. The maximum absolute atomic E-state index is 13.3. The molecule has 0 amide bonds. The van der Waals surface area contributed by atoms with Crippen LogP contribution >= 0.6 is 0 Å². The van der Waals surface area contributed by atoms with Gasteiger partial charge in [-0.25, -0.2) is 4.98 Å². The molecular formula is C25H34F3N3O. The number of imidazole rings is 1. The molecule has 1 aromatic heterocycles. The van der Waals surface area contributed by atoms with Crippen LogP contribution in [0.2, 0.25) is 0 Å². The third kappa shape index (κ3) is 4.25. The van der Waals surface area contributed by atoms with Gasteiger partial charge in [0.2, 0.25) is 0 Å². The van der Waals surface area contributed by atoms with Crippen molar-refractivity contribution in [3.63, 3.8) is 0 Å². The van der Waals surface area contributed by atoms with E-state index >= 15 is 0 Å². The average molecular weight is 450 g/mol. The molecule has 1 aliphatic heterocycles. The molecule has 1 aromatic carbocycles. The van der Waals surface area contributed by atoms with E-state index in [4.69, 9.17) is 4.74 Å². The lowest BCUT2D eigenvalue weighted by Crippen LogP contribution is -2.60. The minimum atomic E-state index is -4.46. The van der Waals surface area contributed by atoms with Crippen LogP contribution < -0.4 is 10.1 Å². The number of benzene rings is 1. The molecule has 32 heavy (non-hydrogen) atoms. The predicted molar refractivity (Wildman–Crippen MR) is 118 cm³/mol. The number of rotatable bonds is 4. The summed E-state index contributed by atoms with van der Waals surface area (Å²) in [5.74, 6) is 2.98. The fourth-order valence-electron chi connectivity index (χ4n) is 6.20. The van der Waals surface area contributed by atoms with E-state index < -0.39 is 11.7 Å². The summed E-state index contributed by atoms with van der Waals surface area (Å²) in [6, 6.07) is 3.27. The summed E-state index contributed by atoms with van der Waals surface area (Å²) < 4.78 is 45.8. The summed E-state index contributed by atoms with van der Waals surface area (Å²) in [7, 11) is 0. The summed E-state index contributed by atoms with van der Waals surface area (Å²) >= 11 is 0. The summed E-state index contributed by atoms with van der Waals surface area (Å²) in [5.41, 5.74) is 0.0878. The zero-order valence-electron chi connectivity index (χ0n) is 19.0.